The van der Waals surface area contributed by atoms with Crippen LogP contribution in [0.15, 0.2) is 29.0 Å². The Morgan fingerprint density at radius 2 is 2.08 bits per heavy atom. The number of rotatable bonds is 4. The predicted molar refractivity (Wildman–Crippen MR) is 85.2 cm³/mol. The zero-order valence-electron chi connectivity index (χ0n) is 12.2. The van der Waals surface area contributed by atoms with Crippen molar-refractivity contribution in [3.8, 4) is 11.4 Å². The second-order valence-corrected chi connectivity index (χ2v) is 4.96. The molecular weight excluding hydrogens is 367 g/mol. The van der Waals surface area contributed by atoms with E-state index in [2.05, 4.69) is 25.8 Å². The summed E-state index contributed by atoms with van der Waals surface area (Å²) in [5.74, 6) is -2.79. The van der Waals surface area contributed by atoms with Gasteiger partial charge in [0.2, 0.25) is 17.6 Å². The summed E-state index contributed by atoms with van der Waals surface area (Å²) in [6.45, 7) is -0.501. The van der Waals surface area contributed by atoms with Gasteiger partial charge >= 0.3 is 0 Å². The van der Waals surface area contributed by atoms with Crippen LogP contribution in [-0.2, 0) is 11.3 Å². The Kier molecular flexibility index (Phi) is 7.00. The molecule has 24 heavy (non-hydrogen) atoms. The number of nitrogens with one attached hydrogen (secondary N) is 2. The Labute approximate surface area is 148 Å². The van der Waals surface area contributed by atoms with Crippen LogP contribution in [0.5, 0.6) is 0 Å². The molecule has 1 unspecified atom stereocenters. The minimum atomic E-state index is -2.85. The highest BCUT2D eigenvalue weighted by Gasteiger charge is 2.42. The van der Waals surface area contributed by atoms with Crippen LogP contribution >= 0.6 is 24.8 Å². The van der Waals surface area contributed by atoms with Crippen LogP contribution in [0.1, 0.15) is 12.3 Å². The van der Waals surface area contributed by atoms with Crippen molar-refractivity contribution in [1.29, 1.82) is 0 Å². The Morgan fingerprint density at radius 1 is 1.38 bits per heavy atom. The molecule has 2 aromatic heterocycles. The van der Waals surface area contributed by atoms with Crippen molar-refractivity contribution in [2.75, 3.05) is 6.54 Å². The first-order valence-corrected chi connectivity index (χ1v) is 6.65. The molecule has 11 heteroatoms. The first-order valence-electron chi connectivity index (χ1n) is 6.65. The van der Waals surface area contributed by atoms with E-state index in [-0.39, 0.29) is 37.2 Å². The van der Waals surface area contributed by atoms with Crippen molar-refractivity contribution in [3.63, 3.8) is 0 Å². The van der Waals surface area contributed by atoms with Crippen LogP contribution in [0.4, 0.5) is 8.78 Å². The average Bonchev–Trinajstić information content (AvgIpc) is 3.12. The van der Waals surface area contributed by atoms with E-state index in [9.17, 15) is 13.6 Å². The lowest BCUT2D eigenvalue weighted by Gasteiger charge is -2.09. The summed E-state index contributed by atoms with van der Waals surface area (Å²) in [6.07, 6.45) is 2.68. The maximum atomic E-state index is 13.0. The van der Waals surface area contributed by atoms with E-state index in [0.29, 0.717) is 5.82 Å². The SMILES string of the molecule is Cl.Cl.O=C(NCc1nc(-c2ccncc2)no1)C1CC(F)(F)CN1. The molecule has 2 N–H and O–H groups in total. The number of pyridine rings is 1. The predicted octanol–water partition coefficient (Wildman–Crippen LogP) is 1.59. The van der Waals surface area contributed by atoms with E-state index in [1.807, 2.05) is 0 Å². The fourth-order valence-electron chi connectivity index (χ4n) is 2.13. The molecule has 0 saturated carbocycles. The van der Waals surface area contributed by atoms with Crippen LogP contribution in [0, 0.1) is 0 Å². The zero-order chi connectivity index (χ0) is 15.6. The highest BCUT2D eigenvalue weighted by Crippen LogP contribution is 2.25. The first kappa shape index (κ1) is 20.2. The van der Waals surface area contributed by atoms with Gasteiger partial charge in [-0.25, -0.2) is 8.78 Å². The average molecular weight is 382 g/mol. The molecule has 0 aliphatic carbocycles. The zero-order valence-corrected chi connectivity index (χ0v) is 13.9. The molecule has 0 spiro atoms. The van der Waals surface area contributed by atoms with E-state index in [1.54, 1.807) is 24.5 Å². The van der Waals surface area contributed by atoms with Gasteiger partial charge in [-0.1, -0.05) is 5.16 Å². The number of hydrogen-bond acceptors (Lipinski definition) is 6. The molecule has 1 amide bonds. The molecule has 2 aromatic rings. The quantitative estimate of drug-likeness (QED) is 0.835. The molecule has 1 fully saturated rings. The van der Waals surface area contributed by atoms with Gasteiger partial charge in [-0.3, -0.25) is 15.1 Å². The van der Waals surface area contributed by atoms with Gasteiger partial charge in [-0.15, -0.1) is 24.8 Å². The van der Waals surface area contributed by atoms with E-state index in [1.165, 1.54) is 0 Å². The summed E-state index contributed by atoms with van der Waals surface area (Å²) >= 11 is 0. The van der Waals surface area contributed by atoms with Gasteiger partial charge in [-0.2, -0.15) is 4.98 Å². The number of aromatic nitrogens is 3. The normalized spacial score (nSPS) is 18.3. The Morgan fingerprint density at radius 3 is 2.71 bits per heavy atom. The molecule has 1 saturated heterocycles. The smallest absolute Gasteiger partial charge is 0.262 e. The van der Waals surface area contributed by atoms with Crippen molar-refractivity contribution < 1.29 is 18.1 Å². The van der Waals surface area contributed by atoms with E-state index in [4.69, 9.17) is 4.52 Å². The molecule has 0 radical (unpaired) electrons. The summed E-state index contributed by atoms with van der Waals surface area (Å²) in [5.41, 5.74) is 0.730. The van der Waals surface area contributed by atoms with Crippen molar-refractivity contribution in [3.05, 3.63) is 30.4 Å². The van der Waals surface area contributed by atoms with Gasteiger partial charge in [0.05, 0.1) is 19.1 Å². The van der Waals surface area contributed by atoms with Gasteiger partial charge < -0.3 is 9.84 Å². The molecule has 3 heterocycles. The lowest BCUT2D eigenvalue weighted by Crippen LogP contribution is -2.40. The molecule has 132 valence electrons. The number of carbonyl (C=O) groups is 1. The number of carbonyl (C=O) groups excluding carboxylic acids is 1. The Hall–Kier alpha value is -1.84. The second kappa shape index (κ2) is 8.32. The number of halogens is 4. The summed E-state index contributed by atoms with van der Waals surface area (Å²) < 4.78 is 31.0. The highest BCUT2D eigenvalue weighted by molar-refractivity contribution is 5.85. The summed E-state index contributed by atoms with van der Waals surface area (Å²) in [6, 6.07) is 2.53. The minimum absolute atomic E-state index is 0. The summed E-state index contributed by atoms with van der Waals surface area (Å²) in [5, 5.41) is 8.76. The molecular formula is C13H15Cl2F2N5O2. The second-order valence-electron chi connectivity index (χ2n) is 4.96. The van der Waals surface area contributed by atoms with Gasteiger partial charge in [0.25, 0.3) is 5.92 Å². The number of hydrogen-bond donors (Lipinski definition) is 2. The molecule has 7 nitrogen and oxygen atoms in total. The third-order valence-corrected chi connectivity index (χ3v) is 3.25. The number of nitrogens with zero attached hydrogens (tertiary/aromatic N) is 3. The van der Waals surface area contributed by atoms with E-state index >= 15 is 0 Å². The largest absolute Gasteiger partial charge is 0.346 e. The molecule has 0 aromatic carbocycles. The van der Waals surface area contributed by atoms with Gasteiger partial charge in [0.1, 0.15) is 0 Å². The molecule has 1 aliphatic rings. The van der Waals surface area contributed by atoms with Gasteiger partial charge in [0.15, 0.2) is 0 Å². The monoisotopic (exact) mass is 381 g/mol. The van der Waals surface area contributed by atoms with E-state index in [0.717, 1.165) is 5.56 Å². The fraction of sp³-hybridized carbons (Fsp3) is 0.385. The highest BCUT2D eigenvalue weighted by atomic mass is 35.5. The lowest BCUT2D eigenvalue weighted by atomic mass is 10.2. The van der Waals surface area contributed by atoms with Crippen molar-refractivity contribution >= 4 is 30.7 Å². The Balaban J connectivity index is 0.00000144. The third kappa shape index (κ3) is 4.83. The molecule has 0 bridgehead atoms. The number of alkyl halides is 2. The standard InChI is InChI=1S/C13H13F2N5O2.2ClH/c14-13(15)5-9(18-7-13)12(21)17-6-10-19-11(20-22-10)8-1-3-16-4-2-8;;/h1-4,9,18H,5-7H2,(H,17,21);2*1H. The van der Waals surface area contributed by atoms with Crippen LogP contribution in [0.2, 0.25) is 0 Å². The lowest BCUT2D eigenvalue weighted by molar-refractivity contribution is -0.123. The maximum Gasteiger partial charge on any atom is 0.262 e. The van der Waals surface area contributed by atoms with Crippen molar-refractivity contribution in [2.45, 2.75) is 24.9 Å². The minimum Gasteiger partial charge on any atom is -0.346 e. The first-order chi connectivity index (χ1) is 10.5. The van der Waals surface area contributed by atoms with Crippen LogP contribution in [0.3, 0.4) is 0 Å². The van der Waals surface area contributed by atoms with Crippen LogP contribution < -0.4 is 10.6 Å². The van der Waals surface area contributed by atoms with Gasteiger partial charge in [-0.05, 0) is 12.1 Å². The topological polar surface area (TPSA) is 92.9 Å². The molecule has 3 rings (SSSR count). The summed E-state index contributed by atoms with van der Waals surface area (Å²) in [7, 11) is 0. The molecule has 1 atom stereocenters. The van der Waals surface area contributed by atoms with Crippen molar-refractivity contribution in [1.82, 2.24) is 25.8 Å². The van der Waals surface area contributed by atoms with Crippen molar-refractivity contribution in [2.24, 2.45) is 0 Å². The van der Waals surface area contributed by atoms with Gasteiger partial charge in [0, 0.05) is 24.4 Å². The van der Waals surface area contributed by atoms with E-state index < -0.39 is 30.8 Å². The molecule has 1 aliphatic heterocycles. The number of amides is 1. The fourth-order valence-corrected chi connectivity index (χ4v) is 2.13. The van der Waals surface area contributed by atoms with Crippen LogP contribution in [-0.4, -0.2) is 39.5 Å². The summed E-state index contributed by atoms with van der Waals surface area (Å²) in [4.78, 5) is 19.8. The maximum absolute atomic E-state index is 13.0. The van der Waals surface area contributed by atoms with Crippen LogP contribution in [0.25, 0.3) is 11.4 Å². The Bertz CT molecular complexity index is 671. The third-order valence-electron chi connectivity index (χ3n) is 3.25.